The van der Waals surface area contributed by atoms with Gasteiger partial charge in [0.05, 0.1) is 5.37 Å². The molecule has 1 heterocycles. The molecule has 0 bridgehead atoms. The van der Waals surface area contributed by atoms with E-state index in [4.69, 9.17) is 5.73 Å². The van der Waals surface area contributed by atoms with Crippen LogP contribution >= 0.6 is 11.8 Å². The summed E-state index contributed by atoms with van der Waals surface area (Å²) < 4.78 is 0. The lowest BCUT2D eigenvalue weighted by atomic mass is 10.0. The Morgan fingerprint density at radius 1 is 1.43 bits per heavy atom. The maximum absolute atomic E-state index is 12.4. The van der Waals surface area contributed by atoms with Crippen LogP contribution in [0.2, 0.25) is 0 Å². The van der Waals surface area contributed by atoms with E-state index in [1.54, 1.807) is 13.8 Å². The number of carbonyl (C=O) groups is 3. The van der Waals surface area contributed by atoms with Crippen LogP contribution in [-0.4, -0.2) is 51.1 Å². The molecule has 1 aliphatic heterocycles. The first-order valence-electron chi connectivity index (χ1n) is 7.02. The summed E-state index contributed by atoms with van der Waals surface area (Å²) in [6.07, 6.45) is 1.56. The number of urea groups is 1. The lowest BCUT2D eigenvalue weighted by Gasteiger charge is -2.30. The Labute approximate surface area is 128 Å². The van der Waals surface area contributed by atoms with Gasteiger partial charge in [0.1, 0.15) is 12.1 Å². The topological polar surface area (TPSA) is 113 Å². The van der Waals surface area contributed by atoms with Crippen molar-refractivity contribution in [3.05, 3.63) is 0 Å². The second kappa shape index (κ2) is 7.53. The van der Waals surface area contributed by atoms with Crippen LogP contribution in [0.4, 0.5) is 4.79 Å². The van der Waals surface area contributed by atoms with E-state index in [1.165, 1.54) is 16.7 Å². The van der Waals surface area contributed by atoms with Crippen LogP contribution < -0.4 is 11.1 Å². The normalized spacial score (nSPS) is 23.1. The van der Waals surface area contributed by atoms with Gasteiger partial charge in [-0.3, -0.25) is 9.69 Å². The maximum Gasteiger partial charge on any atom is 0.327 e. The SMILES string of the molecule is CCCC1SCC(C(=O)O)N1C(=O)NC(C(N)=O)C(C)C. The van der Waals surface area contributed by atoms with Crippen molar-refractivity contribution in [3.8, 4) is 0 Å². The molecule has 0 aromatic rings. The summed E-state index contributed by atoms with van der Waals surface area (Å²) in [5, 5.41) is 11.6. The molecule has 1 rings (SSSR count). The lowest BCUT2D eigenvalue weighted by Crippen LogP contribution is -2.56. The number of nitrogens with zero attached hydrogens (tertiary/aromatic N) is 1. The van der Waals surface area contributed by atoms with Crippen LogP contribution in [-0.2, 0) is 9.59 Å². The van der Waals surface area contributed by atoms with Gasteiger partial charge in [0.2, 0.25) is 5.91 Å². The molecule has 21 heavy (non-hydrogen) atoms. The molecule has 0 saturated carbocycles. The fourth-order valence-electron chi connectivity index (χ4n) is 2.27. The molecule has 1 saturated heterocycles. The number of carboxylic acids is 1. The minimum absolute atomic E-state index is 0.158. The average Bonchev–Trinajstić information content (AvgIpc) is 2.79. The molecule has 0 radical (unpaired) electrons. The number of thioether (sulfide) groups is 1. The van der Waals surface area contributed by atoms with Crippen molar-refractivity contribution in [2.24, 2.45) is 11.7 Å². The summed E-state index contributed by atoms with van der Waals surface area (Å²) in [4.78, 5) is 36.4. The van der Waals surface area contributed by atoms with Crippen LogP contribution in [0, 0.1) is 5.92 Å². The summed E-state index contributed by atoms with van der Waals surface area (Å²) >= 11 is 1.45. The Balaban J connectivity index is 2.88. The average molecular weight is 317 g/mol. The van der Waals surface area contributed by atoms with E-state index in [2.05, 4.69) is 5.32 Å². The number of carboxylic acid groups (broad SMARTS) is 1. The molecule has 0 aromatic heterocycles. The molecule has 1 aliphatic rings. The van der Waals surface area contributed by atoms with Crippen molar-refractivity contribution in [1.29, 1.82) is 0 Å². The molecule has 1 fully saturated rings. The molecule has 4 N–H and O–H groups in total. The number of hydrogen-bond donors (Lipinski definition) is 3. The predicted octanol–water partition coefficient (Wildman–Crippen LogP) is 0.834. The summed E-state index contributed by atoms with van der Waals surface area (Å²) in [5.41, 5.74) is 5.28. The molecule has 3 atom stereocenters. The van der Waals surface area contributed by atoms with Crippen LogP contribution in [0.15, 0.2) is 0 Å². The van der Waals surface area contributed by atoms with Gasteiger partial charge in [-0.1, -0.05) is 27.2 Å². The first-order valence-corrected chi connectivity index (χ1v) is 8.07. The number of primary amides is 1. The van der Waals surface area contributed by atoms with Gasteiger partial charge < -0.3 is 16.2 Å². The predicted molar refractivity (Wildman–Crippen MR) is 80.8 cm³/mol. The largest absolute Gasteiger partial charge is 0.480 e. The van der Waals surface area contributed by atoms with Crippen LogP contribution in [0.5, 0.6) is 0 Å². The molecule has 3 amide bonds. The molecule has 8 heteroatoms. The molecule has 0 aliphatic carbocycles. The van der Waals surface area contributed by atoms with Crippen molar-refractivity contribution in [2.45, 2.75) is 51.1 Å². The molecule has 7 nitrogen and oxygen atoms in total. The Morgan fingerprint density at radius 3 is 2.48 bits per heavy atom. The zero-order chi connectivity index (χ0) is 16.2. The highest BCUT2D eigenvalue weighted by Gasteiger charge is 2.42. The lowest BCUT2D eigenvalue weighted by molar-refractivity contribution is -0.141. The van der Waals surface area contributed by atoms with Gasteiger partial charge in [-0.15, -0.1) is 11.8 Å². The monoisotopic (exact) mass is 317 g/mol. The van der Waals surface area contributed by atoms with Gasteiger partial charge in [0.15, 0.2) is 0 Å². The van der Waals surface area contributed by atoms with Gasteiger partial charge >= 0.3 is 12.0 Å². The number of hydrogen-bond acceptors (Lipinski definition) is 4. The van der Waals surface area contributed by atoms with Crippen LogP contribution in [0.25, 0.3) is 0 Å². The number of nitrogens with one attached hydrogen (secondary N) is 1. The van der Waals surface area contributed by atoms with Crippen molar-refractivity contribution >= 4 is 29.7 Å². The molecular formula is C13H23N3O4S. The number of aliphatic carboxylic acids is 1. The number of rotatable bonds is 6. The summed E-state index contributed by atoms with van der Waals surface area (Å²) in [7, 11) is 0. The first kappa shape index (κ1) is 17.6. The van der Waals surface area contributed by atoms with Gasteiger partial charge in [0, 0.05) is 5.75 Å². The summed E-state index contributed by atoms with van der Waals surface area (Å²) in [6.45, 7) is 5.52. The van der Waals surface area contributed by atoms with Gasteiger partial charge in [-0.05, 0) is 12.3 Å². The fourth-order valence-corrected chi connectivity index (χ4v) is 3.78. The van der Waals surface area contributed by atoms with Crippen molar-refractivity contribution in [2.75, 3.05) is 5.75 Å². The first-order chi connectivity index (χ1) is 9.79. The molecule has 120 valence electrons. The van der Waals surface area contributed by atoms with E-state index in [1.807, 2.05) is 6.92 Å². The second-order valence-corrected chi connectivity index (χ2v) is 6.62. The van der Waals surface area contributed by atoms with Crippen molar-refractivity contribution < 1.29 is 19.5 Å². The highest BCUT2D eigenvalue weighted by atomic mass is 32.2. The standard InChI is InChI=1S/C13H23N3O4S/c1-4-5-9-16(8(6-21-9)12(18)19)13(20)15-10(7(2)3)11(14)17/h7-10H,4-6H2,1-3H3,(H2,14,17)(H,15,20)(H,18,19). The number of carbonyl (C=O) groups excluding carboxylic acids is 2. The Bertz CT molecular complexity index is 416. The van der Waals surface area contributed by atoms with E-state index in [0.29, 0.717) is 12.2 Å². The zero-order valence-corrected chi connectivity index (χ0v) is 13.4. The zero-order valence-electron chi connectivity index (χ0n) is 12.5. The number of nitrogens with two attached hydrogens (primary N) is 1. The Kier molecular flexibility index (Phi) is 6.32. The second-order valence-electron chi connectivity index (χ2n) is 5.41. The Hall–Kier alpha value is -1.44. The van der Waals surface area contributed by atoms with E-state index >= 15 is 0 Å². The van der Waals surface area contributed by atoms with E-state index in [0.717, 1.165) is 6.42 Å². The van der Waals surface area contributed by atoms with E-state index < -0.39 is 30.0 Å². The smallest absolute Gasteiger partial charge is 0.327 e. The maximum atomic E-state index is 12.4. The van der Waals surface area contributed by atoms with E-state index in [9.17, 15) is 19.5 Å². The molecule has 0 spiro atoms. The van der Waals surface area contributed by atoms with Gasteiger partial charge in [-0.2, -0.15) is 0 Å². The Morgan fingerprint density at radius 2 is 2.05 bits per heavy atom. The highest BCUT2D eigenvalue weighted by Crippen LogP contribution is 2.32. The summed E-state index contributed by atoms with van der Waals surface area (Å²) in [6, 6.07) is -2.21. The van der Waals surface area contributed by atoms with Crippen LogP contribution in [0.1, 0.15) is 33.6 Å². The summed E-state index contributed by atoms with van der Waals surface area (Å²) in [5.74, 6) is -1.45. The highest BCUT2D eigenvalue weighted by molar-refractivity contribution is 8.00. The molecule has 3 unspecified atom stereocenters. The fraction of sp³-hybridized carbons (Fsp3) is 0.769. The minimum Gasteiger partial charge on any atom is -0.480 e. The van der Waals surface area contributed by atoms with E-state index in [-0.39, 0.29) is 11.3 Å². The van der Waals surface area contributed by atoms with Crippen molar-refractivity contribution in [3.63, 3.8) is 0 Å². The third kappa shape index (κ3) is 4.26. The van der Waals surface area contributed by atoms with Gasteiger partial charge in [0.25, 0.3) is 0 Å². The van der Waals surface area contributed by atoms with Crippen molar-refractivity contribution in [1.82, 2.24) is 10.2 Å². The quantitative estimate of drug-likeness (QED) is 0.672. The number of amides is 3. The van der Waals surface area contributed by atoms with Crippen LogP contribution in [0.3, 0.4) is 0 Å². The molecule has 0 aromatic carbocycles. The van der Waals surface area contributed by atoms with Gasteiger partial charge in [-0.25, -0.2) is 9.59 Å². The third-order valence-corrected chi connectivity index (χ3v) is 4.76. The molecular weight excluding hydrogens is 294 g/mol. The third-order valence-electron chi connectivity index (χ3n) is 3.40. The minimum atomic E-state index is -1.03.